The fourth-order valence-electron chi connectivity index (χ4n) is 13.1. The van der Waals surface area contributed by atoms with Crippen molar-refractivity contribution in [3.05, 3.63) is 220 Å². The zero-order valence-corrected chi connectivity index (χ0v) is 73.2. The Bertz CT molecular complexity index is 4760. The van der Waals surface area contributed by atoms with E-state index in [1.807, 2.05) is 36.4 Å². The molecule has 8 N–H and O–H groups in total. The van der Waals surface area contributed by atoms with Crippen molar-refractivity contribution in [3.63, 3.8) is 0 Å². The number of aryl methyl sites for hydroxylation is 1. The van der Waals surface area contributed by atoms with E-state index in [0.717, 1.165) is 96.4 Å². The molecule has 27 heteroatoms. The normalized spacial score (nSPS) is 15.1. The first-order chi connectivity index (χ1) is 61.8. The number of carboxylic acids is 8. The lowest BCUT2D eigenvalue weighted by Crippen LogP contribution is -2.20. The lowest BCUT2D eigenvalue weighted by molar-refractivity contribution is -0.137. The third-order valence-corrected chi connectivity index (χ3v) is 22.3. The van der Waals surface area contributed by atoms with Gasteiger partial charge in [-0.15, -0.1) is 0 Å². The highest BCUT2D eigenvalue weighted by molar-refractivity contribution is 5.91. The Morgan fingerprint density at radius 2 is 0.555 bits per heavy atom. The quantitative estimate of drug-likeness (QED) is 0.0177. The Balaban J connectivity index is 0.000000165. The van der Waals surface area contributed by atoms with Gasteiger partial charge in [0.1, 0.15) is 34.3 Å². The third-order valence-electron chi connectivity index (χ3n) is 22.3. The van der Waals surface area contributed by atoms with Crippen LogP contribution < -0.4 is 52.1 Å². The van der Waals surface area contributed by atoms with Crippen LogP contribution in [0.1, 0.15) is 200 Å². The molecule has 8 fully saturated rings. The maximum absolute atomic E-state index is 10.9. The van der Waals surface area contributed by atoms with E-state index in [2.05, 4.69) is 0 Å². The van der Waals surface area contributed by atoms with E-state index in [9.17, 15) is 38.4 Å². The van der Waals surface area contributed by atoms with Gasteiger partial charge in [0, 0.05) is 6.42 Å². The zero-order chi connectivity index (χ0) is 91.5. The van der Waals surface area contributed by atoms with Crippen molar-refractivity contribution >= 4 is 47.8 Å². The summed E-state index contributed by atoms with van der Waals surface area (Å²) >= 11 is 0. The lowest BCUT2D eigenvalue weighted by Gasteiger charge is -2.25. The van der Waals surface area contributed by atoms with Gasteiger partial charge in [0.2, 0.25) is 0 Å². The average molecular weight is 1770 g/mol. The number of rotatable bonds is 40. The fourth-order valence-corrected chi connectivity index (χ4v) is 13.1. The standard InChI is InChI=1S/2C14H18O4.C13H16O4.C13H16O3.3C12H14O3.C11H12O3/c1-17-13-7-11(8-14(15)16)5-6-12(13)18-9-10-3-2-4-10;1-17-13-8-10(9-14(15)16)6-7-12(13)18-11-4-2-3-5-11;1-16-12-6-10(7-13(14)15)4-5-11(12)17-8-9-2-3-9;14-13(15)8-5-10-3-6-12(7-4-10)16-9-11-1-2-11;13-12(14)7-9-3-5-11(6-4-9)15-8-10-1-2-10;13-12(14)10-6-1-2-7-11(10)15-8-9-4-3-5-9;13-12(14)10-4-6-11(7-5-10)15-8-9-2-1-3-9;12-11(13)9-3-5-10(6-4-9)14-7-8-1-2-8/h5-7,10H,2-4,8-9H2,1H3,(H,15,16);6-8,11H,2-5,9H2,1H3,(H,15,16);4-6,9H,2-3,7-8H2,1H3,(H,14,15);3-4,6-7,11H,1-2,5,8-9H2,(H,14,15);3-6,10H,1-2,7-8H2,(H,13,14);1-2,6-7,9H,3-5,8H2,(H,13,14);4-7,9H,1-3,8H2,(H,13,14);3-6,8H,1-2,7H2,(H,12,13). The van der Waals surface area contributed by atoms with Crippen LogP contribution in [0, 0.1) is 41.4 Å². The smallest absolute Gasteiger partial charge is 0.339 e. The number of hydrogen-bond acceptors (Lipinski definition) is 19. The Morgan fingerprint density at radius 3 is 0.859 bits per heavy atom. The maximum atomic E-state index is 10.9. The van der Waals surface area contributed by atoms with Crippen LogP contribution in [0.4, 0.5) is 0 Å². The molecular weight excluding hydrogens is 1650 g/mol. The molecule has 0 spiro atoms. The molecule has 8 aromatic rings. The van der Waals surface area contributed by atoms with Crippen LogP contribution >= 0.6 is 0 Å². The van der Waals surface area contributed by atoms with E-state index >= 15 is 0 Å². The highest BCUT2D eigenvalue weighted by Crippen LogP contribution is 2.38. The first-order valence-corrected chi connectivity index (χ1v) is 44.2. The molecule has 8 saturated carbocycles. The number of hydrogen-bond donors (Lipinski definition) is 8. The van der Waals surface area contributed by atoms with Crippen LogP contribution in [-0.2, 0) is 56.1 Å². The van der Waals surface area contributed by atoms with E-state index in [1.165, 1.54) is 122 Å². The van der Waals surface area contributed by atoms with Gasteiger partial charge < -0.3 is 93.0 Å². The van der Waals surface area contributed by atoms with Crippen molar-refractivity contribution < 1.29 is 131 Å². The monoisotopic (exact) mass is 1770 g/mol. The Morgan fingerprint density at radius 1 is 0.266 bits per heavy atom. The number of carboxylic acid groups (broad SMARTS) is 8. The second-order valence-electron chi connectivity index (χ2n) is 33.2. The van der Waals surface area contributed by atoms with Crippen LogP contribution in [0.3, 0.4) is 0 Å². The largest absolute Gasteiger partial charge is 0.493 e. The van der Waals surface area contributed by atoms with Gasteiger partial charge in [-0.05, 0) is 313 Å². The number of methoxy groups -OCH3 is 3. The Kier molecular flexibility index (Phi) is 41.1. The van der Waals surface area contributed by atoms with Gasteiger partial charge in [-0.3, -0.25) is 24.0 Å². The highest BCUT2D eigenvalue weighted by Gasteiger charge is 2.27. The molecule has 688 valence electrons. The number of aliphatic carboxylic acids is 5. The molecular formula is C101H122O27. The first-order valence-electron chi connectivity index (χ1n) is 44.2. The highest BCUT2D eigenvalue weighted by atomic mass is 16.5. The SMILES string of the molecule is COc1cc(CC(=O)O)ccc1OC1CCCC1.COc1cc(CC(=O)O)ccc1OCC1CC1.COc1cc(CC(=O)O)ccc1OCC1CCC1.O=C(O)CCc1ccc(OCC2CC2)cc1.O=C(O)Cc1ccc(OCC2CC2)cc1.O=C(O)c1ccc(OCC2CC2)cc1.O=C(O)c1ccc(OCC2CCC2)cc1.O=C(O)c1ccccc1OCC1CCC1. The maximum Gasteiger partial charge on any atom is 0.339 e. The van der Waals surface area contributed by atoms with Crippen molar-refractivity contribution in [3.8, 4) is 63.2 Å². The predicted octanol–water partition coefficient (Wildman–Crippen LogP) is 19.2. The van der Waals surface area contributed by atoms with Crippen LogP contribution in [0.25, 0.3) is 0 Å². The van der Waals surface area contributed by atoms with Crippen molar-refractivity contribution in [2.45, 2.75) is 179 Å². The predicted molar refractivity (Wildman–Crippen MR) is 478 cm³/mol. The molecule has 8 aliphatic rings. The van der Waals surface area contributed by atoms with E-state index in [1.54, 1.807) is 161 Å². The summed E-state index contributed by atoms with van der Waals surface area (Å²) in [6.07, 6.45) is 27.1. The minimum Gasteiger partial charge on any atom is -0.493 e. The van der Waals surface area contributed by atoms with Crippen molar-refractivity contribution in [1.82, 2.24) is 0 Å². The van der Waals surface area contributed by atoms with Crippen molar-refractivity contribution in [2.24, 2.45) is 41.4 Å². The Labute approximate surface area is 747 Å². The molecule has 0 aliphatic heterocycles. The molecule has 0 amide bonds. The summed E-state index contributed by atoms with van der Waals surface area (Å²) in [6.45, 7) is 5.19. The Hall–Kier alpha value is -12.7. The molecule has 0 bridgehead atoms. The zero-order valence-electron chi connectivity index (χ0n) is 73.2. The van der Waals surface area contributed by atoms with Gasteiger partial charge in [-0.2, -0.15) is 0 Å². The van der Waals surface area contributed by atoms with Gasteiger partial charge >= 0.3 is 47.8 Å². The van der Waals surface area contributed by atoms with E-state index < -0.39 is 47.8 Å². The first kappa shape index (κ1) is 99.1. The summed E-state index contributed by atoms with van der Waals surface area (Å²) in [7, 11) is 4.70. The van der Waals surface area contributed by atoms with Gasteiger partial charge in [0.05, 0.1) is 110 Å². The lowest BCUT2D eigenvalue weighted by atomic mass is 9.86. The topological polar surface area (TPSA) is 400 Å². The van der Waals surface area contributed by atoms with E-state index in [4.69, 9.17) is 93.0 Å². The van der Waals surface area contributed by atoms with Gasteiger partial charge in [-0.1, -0.05) is 73.9 Å². The second kappa shape index (κ2) is 53.1. The minimum atomic E-state index is -0.931. The number of benzene rings is 8. The van der Waals surface area contributed by atoms with Crippen LogP contribution in [0.2, 0.25) is 0 Å². The van der Waals surface area contributed by atoms with Crippen LogP contribution in [-0.4, -0.2) is 162 Å². The molecule has 27 nitrogen and oxygen atoms in total. The van der Waals surface area contributed by atoms with Gasteiger partial charge in [0.25, 0.3) is 0 Å². The molecule has 128 heavy (non-hydrogen) atoms. The average Bonchev–Trinajstić information content (AvgIpc) is 1.76. The van der Waals surface area contributed by atoms with Gasteiger partial charge in [0.15, 0.2) is 34.5 Å². The molecule has 0 saturated heterocycles. The molecule has 8 aliphatic carbocycles. The minimum absolute atomic E-state index is 0.0000680. The summed E-state index contributed by atoms with van der Waals surface area (Å²) in [5, 5.41) is 69.6. The molecule has 8 aromatic carbocycles. The van der Waals surface area contributed by atoms with Crippen molar-refractivity contribution in [1.29, 1.82) is 0 Å². The second-order valence-corrected chi connectivity index (χ2v) is 33.2. The summed E-state index contributed by atoms with van der Waals surface area (Å²) in [5.41, 5.74) is 4.84. The fraction of sp³-hybridized carbons (Fsp3) is 0.446. The van der Waals surface area contributed by atoms with Crippen molar-refractivity contribution in [2.75, 3.05) is 67.6 Å². The summed E-state index contributed by atoms with van der Waals surface area (Å²) in [5.74, 6) is 5.64. The van der Waals surface area contributed by atoms with Gasteiger partial charge in [-0.25, -0.2) is 14.4 Å². The van der Waals surface area contributed by atoms with E-state index in [-0.39, 0.29) is 43.8 Å². The number of para-hydroxylation sites is 1. The molecule has 16 rings (SSSR count). The summed E-state index contributed by atoms with van der Waals surface area (Å²) in [4.78, 5) is 84.8. The van der Waals surface area contributed by atoms with Crippen LogP contribution in [0.5, 0.6) is 63.2 Å². The molecule has 0 aromatic heterocycles. The van der Waals surface area contributed by atoms with Crippen LogP contribution in [0.15, 0.2) is 176 Å². The molecule has 0 unspecified atom stereocenters. The number of aromatic carboxylic acids is 3. The number of ether oxygens (including phenoxy) is 11. The number of carbonyl (C=O) groups is 8. The summed E-state index contributed by atoms with van der Waals surface area (Å²) in [6, 6.07) is 50.7. The van der Waals surface area contributed by atoms with E-state index in [0.29, 0.717) is 113 Å². The third kappa shape index (κ3) is 38.7. The summed E-state index contributed by atoms with van der Waals surface area (Å²) < 4.78 is 60.6. The molecule has 0 atom stereocenters. The molecule has 0 radical (unpaired) electrons. The molecule has 0 heterocycles.